The van der Waals surface area contributed by atoms with Gasteiger partial charge in [0.1, 0.15) is 0 Å². The SMILES string of the molecule is CCC(C)CS(=O)(=O)CC1(O)CCC(C(=O)O)CC1. The Labute approximate surface area is 114 Å². The molecule has 1 rings (SSSR count). The normalized spacial score (nSPS) is 29.9. The quantitative estimate of drug-likeness (QED) is 0.773. The van der Waals surface area contributed by atoms with E-state index in [1.807, 2.05) is 13.8 Å². The topological polar surface area (TPSA) is 91.7 Å². The Morgan fingerprint density at radius 1 is 1.37 bits per heavy atom. The maximum absolute atomic E-state index is 12.0. The zero-order valence-electron chi connectivity index (χ0n) is 11.6. The van der Waals surface area contributed by atoms with Crippen molar-refractivity contribution in [3.8, 4) is 0 Å². The summed E-state index contributed by atoms with van der Waals surface area (Å²) in [4.78, 5) is 10.8. The van der Waals surface area contributed by atoms with E-state index in [4.69, 9.17) is 5.11 Å². The number of aliphatic carboxylic acids is 1. The van der Waals surface area contributed by atoms with E-state index in [0.717, 1.165) is 6.42 Å². The van der Waals surface area contributed by atoms with Crippen LogP contribution in [0.5, 0.6) is 0 Å². The summed E-state index contributed by atoms with van der Waals surface area (Å²) in [5, 5.41) is 19.2. The van der Waals surface area contributed by atoms with Crippen molar-refractivity contribution in [1.29, 1.82) is 0 Å². The first-order valence-electron chi connectivity index (χ1n) is 6.83. The molecule has 19 heavy (non-hydrogen) atoms. The summed E-state index contributed by atoms with van der Waals surface area (Å²) in [6.45, 7) is 3.82. The second-order valence-electron chi connectivity index (χ2n) is 5.90. The molecule has 0 aliphatic heterocycles. The highest BCUT2D eigenvalue weighted by Crippen LogP contribution is 2.33. The van der Waals surface area contributed by atoms with Crippen LogP contribution in [0.25, 0.3) is 0 Å². The molecule has 2 N–H and O–H groups in total. The molecule has 0 radical (unpaired) electrons. The minimum absolute atomic E-state index is 0.0870. The molecule has 5 nitrogen and oxygen atoms in total. The molecule has 1 unspecified atom stereocenters. The van der Waals surface area contributed by atoms with Crippen molar-refractivity contribution in [2.45, 2.75) is 51.6 Å². The van der Waals surface area contributed by atoms with Gasteiger partial charge < -0.3 is 10.2 Å². The lowest BCUT2D eigenvalue weighted by Gasteiger charge is -2.34. The van der Waals surface area contributed by atoms with Crippen LogP contribution >= 0.6 is 0 Å². The lowest BCUT2D eigenvalue weighted by molar-refractivity contribution is -0.144. The highest BCUT2D eigenvalue weighted by atomic mass is 32.2. The number of carbonyl (C=O) groups is 1. The van der Waals surface area contributed by atoms with Crippen LogP contribution in [0, 0.1) is 11.8 Å². The van der Waals surface area contributed by atoms with Crippen LogP contribution in [0.4, 0.5) is 0 Å². The fraction of sp³-hybridized carbons (Fsp3) is 0.923. The molecule has 0 aromatic rings. The summed E-state index contributed by atoms with van der Waals surface area (Å²) < 4.78 is 24.0. The van der Waals surface area contributed by atoms with Crippen LogP contribution in [-0.4, -0.2) is 41.7 Å². The van der Waals surface area contributed by atoms with Gasteiger partial charge in [-0.25, -0.2) is 8.42 Å². The second kappa shape index (κ2) is 6.22. The molecule has 0 saturated heterocycles. The predicted molar refractivity (Wildman–Crippen MR) is 72.7 cm³/mol. The zero-order chi connectivity index (χ0) is 14.7. The molecule has 0 aromatic carbocycles. The van der Waals surface area contributed by atoms with Crippen molar-refractivity contribution >= 4 is 15.8 Å². The van der Waals surface area contributed by atoms with Crippen molar-refractivity contribution in [3.05, 3.63) is 0 Å². The fourth-order valence-electron chi connectivity index (χ4n) is 2.57. The van der Waals surface area contributed by atoms with Gasteiger partial charge in [-0.1, -0.05) is 20.3 Å². The van der Waals surface area contributed by atoms with Gasteiger partial charge in [-0.05, 0) is 31.6 Å². The Balaban J connectivity index is 2.59. The third kappa shape index (κ3) is 5.10. The molecule has 0 aromatic heterocycles. The van der Waals surface area contributed by atoms with Gasteiger partial charge in [0, 0.05) is 0 Å². The molecule has 112 valence electrons. The summed E-state index contributed by atoms with van der Waals surface area (Å²) in [7, 11) is -3.29. The Kier molecular flexibility index (Phi) is 5.38. The first-order chi connectivity index (χ1) is 8.67. The van der Waals surface area contributed by atoms with E-state index in [2.05, 4.69) is 0 Å². The summed E-state index contributed by atoms with van der Waals surface area (Å²) >= 11 is 0. The minimum Gasteiger partial charge on any atom is -0.481 e. The van der Waals surface area contributed by atoms with Crippen molar-refractivity contribution in [2.75, 3.05) is 11.5 Å². The summed E-state index contributed by atoms with van der Waals surface area (Å²) in [6.07, 6.45) is 2.00. The first-order valence-corrected chi connectivity index (χ1v) is 8.65. The molecule has 0 amide bonds. The van der Waals surface area contributed by atoms with E-state index in [1.165, 1.54) is 0 Å². The molecule has 0 spiro atoms. The molecule has 0 heterocycles. The van der Waals surface area contributed by atoms with Crippen LogP contribution in [-0.2, 0) is 14.6 Å². The fourth-order valence-corrected chi connectivity index (χ4v) is 4.89. The molecule has 1 fully saturated rings. The van der Waals surface area contributed by atoms with Gasteiger partial charge in [-0.15, -0.1) is 0 Å². The Hall–Kier alpha value is -0.620. The van der Waals surface area contributed by atoms with Crippen LogP contribution in [0.1, 0.15) is 46.0 Å². The standard InChI is InChI=1S/C13H24O5S/c1-3-10(2)8-19(17,18)9-13(16)6-4-11(5-7-13)12(14)15/h10-11,16H,3-9H2,1-2H3,(H,14,15). The predicted octanol–water partition coefficient (Wildman–Crippen LogP) is 1.45. The maximum Gasteiger partial charge on any atom is 0.306 e. The van der Waals surface area contributed by atoms with E-state index in [9.17, 15) is 18.3 Å². The van der Waals surface area contributed by atoms with Crippen molar-refractivity contribution in [2.24, 2.45) is 11.8 Å². The Bertz CT molecular complexity index is 407. The summed E-state index contributed by atoms with van der Waals surface area (Å²) in [5.74, 6) is -1.36. The molecule has 1 aliphatic rings. The van der Waals surface area contributed by atoms with E-state index >= 15 is 0 Å². The highest BCUT2D eigenvalue weighted by Gasteiger charge is 2.39. The smallest absolute Gasteiger partial charge is 0.306 e. The summed E-state index contributed by atoms with van der Waals surface area (Å²) in [5.41, 5.74) is -1.24. The van der Waals surface area contributed by atoms with E-state index in [1.54, 1.807) is 0 Å². The number of hydrogen-bond donors (Lipinski definition) is 2. The third-order valence-electron chi connectivity index (χ3n) is 3.99. The van der Waals surface area contributed by atoms with Crippen LogP contribution < -0.4 is 0 Å². The maximum atomic E-state index is 12.0. The molecular formula is C13H24O5S. The van der Waals surface area contributed by atoms with E-state index in [-0.39, 0.29) is 30.3 Å². The summed E-state index contributed by atoms with van der Waals surface area (Å²) in [6, 6.07) is 0. The van der Waals surface area contributed by atoms with Crippen molar-refractivity contribution in [1.82, 2.24) is 0 Å². The van der Waals surface area contributed by atoms with Crippen molar-refractivity contribution in [3.63, 3.8) is 0 Å². The molecule has 6 heteroatoms. The number of aliphatic hydroxyl groups is 1. The number of rotatable bonds is 6. The van der Waals surface area contributed by atoms with Crippen molar-refractivity contribution < 1.29 is 23.4 Å². The Morgan fingerprint density at radius 2 is 1.89 bits per heavy atom. The molecule has 0 bridgehead atoms. The van der Waals surface area contributed by atoms with E-state index in [0.29, 0.717) is 12.8 Å². The molecule has 1 atom stereocenters. The van der Waals surface area contributed by atoms with E-state index < -0.39 is 27.3 Å². The Morgan fingerprint density at radius 3 is 2.32 bits per heavy atom. The van der Waals surface area contributed by atoms with Crippen LogP contribution in [0.15, 0.2) is 0 Å². The number of sulfone groups is 1. The zero-order valence-corrected chi connectivity index (χ0v) is 12.4. The second-order valence-corrected chi connectivity index (χ2v) is 8.01. The van der Waals surface area contributed by atoms with Gasteiger partial charge in [-0.3, -0.25) is 4.79 Å². The van der Waals surface area contributed by atoms with Gasteiger partial charge in [0.05, 0.1) is 23.0 Å². The minimum atomic E-state index is -3.29. The lowest BCUT2D eigenvalue weighted by atomic mass is 9.80. The number of carboxylic acid groups (broad SMARTS) is 1. The van der Waals surface area contributed by atoms with Gasteiger partial charge in [0.2, 0.25) is 0 Å². The first kappa shape index (κ1) is 16.4. The van der Waals surface area contributed by atoms with Gasteiger partial charge in [-0.2, -0.15) is 0 Å². The lowest BCUT2D eigenvalue weighted by Crippen LogP contribution is -2.43. The average molecular weight is 292 g/mol. The molecule has 1 saturated carbocycles. The monoisotopic (exact) mass is 292 g/mol. The highest BCUT2D eigenvalue weighted by molar-refractivity contribution is 7.91. The van der Waals surface area contributed by atoms with Crippen LogP contribution in [0.3, 0.4) is 0 Å². The molecule has 1 aliphatic carbocycles. The van der Waals surface area contributed by atoms with Gasteiger partial charge in [0.25, 0.3) is 0 Å². The molecular weight excluding hydrogens is 268 g/mol. The average Bonchev–Trinajstić information content (AvgIpc) is 2.27. The van der Waals surface area contributed by atoms with Gasteiger partial charge >= 0.3 is 5.97 Å². The number of hydrogen-bond acceptors (Lipinski definition) is 4. The third-order valence-corrected chi connectivity index (χ3v) is 6.04. The van der Waals surface area contributed by atoms with Gasteiger partial charge in [0.15, 0.2) is 9.84 Å². The largest absolute Gasteiger partial charge is 0.481 e. The number of carboxylic acids is 1. The van der Waals surface area contributed by atoms with Crippen LogP contribution in [0.2, 0.25) is 0 Å².